The molecule has 0 aliphatic carbocycles. The van der Waals surface area contributed by atoms with Gasteiger partial charge in [-0.25, -0.2) is 4.79 Å². The van der Waals surface area contributed by atoms with E-state index in [1.165, 1.54) is 7.11 Å². The van der Waals surface area contributed by atoms with Crippen LogP contribution in [-0.2, 0) is 9.53 Å². The van der Waals surface area contributed by atoms with E-state index >= 15 is 0 Å². The Bertz CT molecular complexity index is 1090. The van der Waals surface area contributed by atoms with Crippen LogP contribution in [0, 0.1) is 0 Å². The molecule has 156 valence electrons. The maximum absolute atomic E-state index is 12.6. The van der Waals surface area contributed by atoms with Crippen molar-refractivity contribution < 1.29 is 19.0 Å². The number of carbonyl (C=O) groups excluding carboxylic acids is 1. The monoisotopic (exact) mass is 405 g/mol. The molecule has 2 aliphatic heterocycles. The first-order chi connectivity index (χ1) is 14.3. The zero-order valence-corrected chi connectivity index (χ0v) is 18.3. The van der Waals surface area contributed by atoms with Crippen LogP contribution in [0.15, 0.2) is 48.1 Å². The fraction of sp³-hybridized carbons (Fsp3) is 0.320. The van der Waals surface area contributed by atoms with Crippen LogP contribution in [-0.4, -0.2) is 25.7 Å². The van der Waals surface area contributed by atoms with Gasteiger partial charge in [-0.05, 0) is 57.0 Å². The molecule has 5 heteroatoms. The van der Waals surface area contributed by atoms with Crippen molar-refractivity contribution in [2.45, 2.75) is 39.3 Å². The predicted molar refractivity (Wildman–Crippen MR) is 119 cm³/mol. The third-order valence-electron chi connectivity index (χ3n) is 5.67. The highest BCUT2D eigenvalue weighted by atomic mass is 16.5. The molecule has 2 aliphatic rings. The van der Waals surface area contributed by atoms with Gasteiger partial charge in [-0.3, -0.25) is 0 Å². The fourth-order valence-electron chi connectivity index (χ4n) is 4.58. The molecule has 30 heavy (non-hydrogen) atoms. The van der Waals surface area contributed by atoms with E-state index in [1.54, 1.807) is 13.2 Å². The summed E-state index contributed by atoms with van der Waals surface area (Å²) in [4.78, 5) is 12.6. The number of ether oxygens (including phenoxy) is 3. The summed E-state index contributed by atoms with van der Waals surface area (Å²) < 4.78 is 17.2. The molecule has 4 rings (SSSR count). The summed E-state index contributed by atoms with van der Waals surface area (Å²) in [5.41, 5.74) is 6.35. The zero-order valence-electron chi connectivity index (χ0n) is 18.3. The van der Waals surface area contributed by atoms with Gasteiger partial charge in [0.2, 0.25) is 0 Å². The lowest BCUT2D eigenvalue weighted by molar-refractivity contribution is -0.137. The van der Waals surface area contributed by atoms with E-state index in [1.807, 2.05) is 25.1 Å². The molecule has 0 fully saturated rings. The third-order valence-corrected chi connectivity index (χ3v) is 5.67. The van der Waals surface area contributed by atoms with Crippen molar-refractivity contribution in [2.75, 3.05) is 19.5 Å². The summed E-state index contributed by atoms with van der Waals surface area (Å²) in [7, 11) is 3.04. The van der Waals surface area contributed by atoms with Crippen LogP contribution in [0.25, 0.3) is 16.7 Å². The van der Waals surface area contributed by atoms with E-state index in [4.69, 9.17) is 14.2 Å². The maximum atomic E-state index is 12.6. The number of methoxy groups -OCH3 is 2. The van der Waals surface area contributed by atoms with Gasteiger partial charge < -0.3 is 19.5 Å². The van der Waals surface area contributed by atoms with Crippen LogP contribution in [0.2, 0.25) is 0 Å². The van der Waals surface area contributed by atoms with E-state index in [0.717, 1.165) is 39.3 Å². The molecule has 0 spiro atoms. The average molecular weight is 405 g/mol. The summed E-state index contributed by atoms with van der Waals surface area (Å²) >= 11 is 0. The second-order valence-electron chi connectivity index (χ2n) is 8.19. The molecule has 5 nitrogen and oxygen atoms in total. The minimum Gasteiger partial charge on any atom is -0.496 e. The zero-order chi connectivity index (χ0) is 21.6. The maximum Gasteiger partial charge on any atom is 0.337 e. The first-order valence-corrected chi connectivity index (χ1v) is 10.0. The average Bonchev–Trinajstić information content (AvgIpc) is 2.71. The molecule has 1 N–H and O–H groups in total. The van der Waals surface area contributed by atoms with E-state index in [0.29, 0.717) is 11.3 Å². The van der Waals surface area contributed by atoms with E-state index in [2.05, 4.69) is 44.3 Å². The second kappa shape index (κ2) is 7.24. The number of esters is 1. The Labute approximate surface area is 177 Å². The SMILES string of the molecule is C/C=C(/C(=O)OC)C1Oc2cccc(OC)c2-c2ccc3c(c21)C(C)=CC(C)(C)N3. The topological polar surface area (TPSA) is 56.8 Å². The largest absolute Gasteiger partial charge is 0.496 e. The quantitative estimate of drug-likeness (QED) is 0.538. The molecule has 2 aromatic rings. The number of rotatable bonds is 3. The summed E-state index contributed by atoms with van der Waals surface area (Å²) in [5, 5.41) is 3.59. The van der Waals surface area contributed by atoms with E-state index in [9.17, 15) is 4.79 Å². The van der Waals surface area contributed by atoms with Gasteiger partial charge >= 0.3 is 5.97 Å². The standard InChI is InChI=1S/C25H27NO4/c1-7-15(24(27)29-6)23-22-16(21-18(28-5)9-8-10-19(21)30-23)11-12-17-20(22)14(2)13-25(3,4)26-17/h7-13,23,26H,1-6H3/b15-7+. The van der Waals surface area contributed by atoms with Crippen LogP contribution in [0.1, 0.15) is 44.9 Å². The van der Waals surface area contributed by atoms with Crippen molar-refractivity contribution in [3.05, 3.63) is 59.2 Å². The van der Waals surface area contributed by atoms with Gasteiger partial charge in [0.1, 0.15) is 11.5 Å². The second-order valence-corrected chi connectivity index (χ2v) is 8.19. The van der Waals surface area contributed by atoms with Gasteiger partial charge in [-0.15, -0.1) is 0 Å². The van der Waals surface area contributed by atoms with Crippen molar-refractivity contribution >= 4 is 17.2 Å². The summed E-state index contributed by atoms with van der Waals surface area (Å²) in [6, 6.07) is 9.89. The van der Waals surface area contributed by atoms with Crippen LogP contribution in [0.5, 0.6) is 11.5 Å². The van der Waals surface area contributed by atoms with Crippen LogP contribution >= 0.6 is 0 Å². The van der Waals surface area contributed by atoms with Gasteiger partial charge in [-0.2, -0.15) is 0 Å². The number of benzene rings is 2. The molecule has 1 unspecified atom stereocenters. The van der Waals surface area contributed by atoms with Gasteiger partial charge in [-0.1, -0.05) is 24.3 Å². The molecule has 0 saturated carbocycles. The highest BCUT2D eigenvalue weighted by Gasteiger charge is 2.38. The number of fused-ring (bicyclic) bond motifs is 5. The Balaban J connectivity index is 2.06. The van der Waals surface area contributed by atoms with Gasteiger partial charge in [0.25, 0.3) is 0 Å². The number of hydrogen-bond donors (Lipinski definition) is 1. The highest BCUT2D eigenvalue weighted by Crippen LogP contribution is 2.53. The molecule has 0 amide bonds. The number of carbonyl (C=O) groups is 1. The van der Waals surface area contributed by atoms with Crippen molar-refractivity contribution in [3.63, 3.8) is 0 Å². The van der Waals surface area contributed by atoms with Crippen molar-refractivity contribution in [2.24, 2.45) is 0 Å². The van der Waals surface area contributed by atoms with Crippen molar-refractivity contribution in [3.8, 4) is 22.6 Å². The minimum atomic E-state index is -0.585. The fourth-order valence-corrected chi connectivity index (χ4v) is 4.58. The van der Waals surface area contributed by atoms with Gasteiger partial charge in [0.05, 0.1) is 30.9 Å². The lowest BCUT2D eigenvalue weighted by Crippen LogP contribution is -2.33. The lowest BCUT2D eigenvalue weighted by Gasteiger charge is -2.37. The van der Waals surface area contributed by atoms with Crippen molar-refractivity contribution in [1.29, 1.82) is 0 Å². The van der Waals surface area contributed by atoms with Crippen LogP contribution in [0.4, 0.5) is 5.69 Å². The van der Waals surface area contributed by atoms with Gasteiger partial charge in [0, 0.05) is 16.8 Å². The molecule has 1 atom stereocenters. The Morgan fingerprint density at radius 1 is 1.17 bits per heavy atom. The Hall–Kier alpha value is -3.21. The van der Waals surface area contributed by atoms with E-state index < -0.39 is 12.1 Å². The van der Waals surface area contributed by atoms with Crippen molar-refractivity contribution in [1.82, 2.24) is 0 Å². The normalized spacial score (nSPS) is 18.7. The van der Waals surface area contributed by atoms with E-state index in [-0.39, 0.29) is 5.54 Å². The Morgan fingerprint density at radius 2 is 1.93 bits per heavy atom. The molecule has 0 radical (unpaired) electrons. The number of nitrogens with one attached hydrogen (secondary N) is 1. The smallest absolute Gasteiger partial charge is 0.337 e. The van der Waals surface area contributed by atoms with Crippen LogP contribution < -0.4 is 14.8 Å². The summed E-state index contributed by atoms with van der Waals surface area (Å²) in [5.74, 6) is 1.02. The first kappa shape index (κ1) is 20.1. The molecular formula is C25H27NO4. The first-order valence-electron chi connectivity index (χ1n) is 10.0. The number of anilines is 1. The molecular weight excluding hydrogens is 378 g/mol. The number of hydrogen-bond acceptors (Lipinski definition) is 5. The third kappa shape index (κ3) is 3.05. The lowest BCUT2D eigenvalue weighted by atomic mass is 9.80. The summed E-state index contributed by atoms with van der Waals surface area (Å²) in [6.45, 7) is 8.20. The molecule has 2 heterocycles. The highest BCUT2D eigenvalue weighted by molar-refractivity contribution is 5.96. The Morgan fingerprint density at radius 3 is 2.60 bits per heavy atom. The molecule has 0 aromatic heterocycles. The Kier molecular flexibility index (Phi) is 4.85. The predicted octanol–water partition coefficient (Wildman–Crippen LogP) is 5.52. The molecule has 0 saturated heterocycles. The minimum absolute atomic E-state index is 0.169. The van der Waals surface area contributed by atoms with Gasteiger partial charge in [0.15, 0.2) is 6.10 Å². The molecule has 0 bridgehead atoms. The van der Waals surface area contributed by atoms with Crippen LogP contribution in [0.3, 0.4) is 0 Å². The number of allylic oxidation sites excluding steroid dienone is 2. The molecule has 2 aromatic carbocycles. The summed E-state index contributed by atoms with van der Waals surface area (Å²) in [6.07, 6.45) is 3.39.